The van der Waals surface area contributed by atoms with Crippen molar-refractivity contribution in [2.75, 3.05) is 0 Å². The summed E-state index contributed by atoms with van der Waals surface area (Å²) in [7, 11) is 0. The molecule has 0 spiro atoms. The van der Waals surface area contributed by atoms with Crippen LogP contribution < -0.4 is 0 Å². The van der Waals surface area contributed by atoms with Crippen LogP contribution in [-0.2, 0) is 0 Å². The standard InChI is InChI=1S/C7H3BrF2O.C2H6/c8-4-1-6(9)5(3-11)7(10)2-4;1-2/h1-3H;1-2H3. The smallest absolute Gasteiger partial charge is 0.155 e. The molecule has 0 N–H and O–H groups in total. The first kappa shape index (κ1) is 12.2. The molecule has 0 heterocycles. The molecule has 0 saturated heterocycles. The second kappa shape index (κ2) is 5.80. The predicted molar refractivity (Wildman–Crippen MR) is 50.8 cm³/mol. The molecule has 0 aliphatic heterocycles. The summed E-state index contributed by atoms with van der Waals surface area (Å²) in [5.74, 6) is -1.71. The van der Waals surface area contributed by atoms with E-state index in [0.29, 0.717) is 0 Å². The van der Waals surface area contributed by atoms with Crippen LogP contribution in [0.3, 0.4) is 0 Å². The number of rotatable bonds is 1. The van der Waals surface area contributed by atoms with Gasteiger partial charge in [0.2, 0.25) is 0 Å². The van der Waals surface area contributed by atoms with E-state index in [-0.39, 0.29) is 10.8 Å². The highest BCUT2D eigenvalue weighted by Gasteiger charge is 2.08. The summed E-state index contributed by atoms with van der Waals surface area (Å²) in [6.45, 7) is 4.00. The highest BCUT2D eigenvalue weighted by molar-refractivity contribution is 9.10. The van der Waals surface area contributed by atoms with Crippen LogP contribution in [0.15, 0.2) is 16.6 Å². The quantitative estimate of drug-likeness (QED) is 0.697. The van der Waals surface area contributed by atoms with Crippen LogP contribution in [0.4, 0.5) is 8.78 Å². The fourth-order valence-corrected chi connectivity index (χ4v) is 1.07. The maximum absolute atomic E-state index is 12.6. The fraction of sp³-hybridized carbons (Fsp3) is 0.222. The van der Waals surface area contributed by atoms with Gasteiger partial charge in [0, 0.05) is 4.47 Å². The van der Waals surface area contributed by atoms with E-state index < -0.39 is 17.2 Å². The average Bonchev–Trinajstić information content (AvgIpc) is 2.07. The van der Waals surface area contributed by atoms with Crippen molar-refractivity contribution in [2.24, 2.45) is 0 Å². The molecule has 1 aromatic rings. The van der Waals surface area contributed by atoms with E-state index in [1.807, 2.05) is 13.8 Å². The predicted octanol–water partition coefficient (Wildman–Crippen LogP) is 3.57. The number of aldehydes is 1. The van der Waals surface area contributed by atoms with Gasteiger partial charge in [0.05, 0.1) is 5.56 Å². The van der Waals surface area contributed by atoms with Crippen LogP contribution in [0.2, 0.25) is 0 Å². The van der Waals surface area contributed by atoms with E-state index in [9.17, 15) is 13.6 Å². The number of carbonyl (C=O) groups is 1. The molecule has 1 nitrogen and oxygen atoms in total. The zero-order chi connectivity index (χ0) is 10.4. The SMILES string of the molecule is CC.O=Cc1c(F)cc(Br)cc1F. The second-order valence-corrected chi connectivity index (χ2v) is 2.82. The summed E-state index contributed by atoms with van der Waals surface area (Å²) in [5, 5.41) is 0. The van der Waals surface area contributed by atoms with E-state index in [4.69, 9.17) is 0 Å². The lowest BCUT2D eigenvalue weighted by Crippen LogP contribution is -1.92. The minimum Gasteiger partial charge on any atom is -0.298 e. The first-order chi connectivity index (χ1) is 6.15. The Hall–Kier alpha value is -0.770. The third kappa shape index (κ3) is 3.22. The molecule has 0 aromatic heterocycles. The third-order valence-electron chi connectivity index (χ3n) is 1.16. The van der Waals surface area contributed by atoms with Crippen molar-refractivity contribution in [2.45, 2.75) is 13.8 Å². The minimum absolute atomic E-state index is 0.150. The molecule has 72 valence electrons. The number of carbonyl (C=O) groups excluding carboxylic acids is 1. The molecule has 0 atom stereocenters. The minimum atomic E-state index is -0.855. The van der Waals surface area contributed by atoms with E-state index in [0.717, 1.165) is 12.1 Å². The van der Waals surface area contributed by atoms with Crippen molar-refractivity contribution in [3.63, 3.8) is 0 Å². The zero-order valence-electron chi connectivity index (χ0n) is 7.27. The summed E-state index contributed by atoms with van der Waals surface area (Å²) in [6, 6.07) is 2.07. The molecule has 13 heavy (non-hydrogen) atoms. The molecule has 1 aromatic carbocycles. The number of halogens is 3. The Morgan fingerprint density at radius 2 is 1.62 bits per heavy atom. The van der Waals surface area contributed by atoms with Crippen LogP contribution in [0.25, 0.3) is 0 Å². The maximum Gasteiger partial charge on any atom is 0.155 e. The Balaban J connectivity index is 0.000000671. The van der Waals surface area contributed by atoms with Crippen molar-refractivity contribution in [3.05, 3.63) is 33.8 Å². The molecule has 0 saturated carbocycles. The Morgan fingerprint density at radius 3 is 1.92 bits per heavy atom. The molecule has 0 bridgehead atoms. The zero-order valence-corrected chi connectivity index (χ0v) is 8.86. The van der Waals surface area contributed by atoms with Crippen molar-refractivity contribution in [1.29, 1.82) is 0 Å². The number of benzene rings is 1. The van der Waals surface area contributed by atoms with Gasteiger partial charge in [-0.25, -0.2) is 8.78 Å². The molecular weight excluding hydrogens is 242 g/mol. The molecule has 0 fully saturated rings. The van der Waals surface area contributed by atoms with Crippen LogP contribution in [-0.4, -0.2) is 6.29 Å². The summed E-state index contributed by atoms with van der Waals surface area (Å²) >= 11 is 2.88. The molecule has 4 heteroatoms. The first-order valence-electron chi connectivity index (χ1n) is 3.75. The van der Waals surface area contributed by atoms with E-state index >= 15 is 0 Å². The van der Waals surface area contributed by atoms with Crippen molar-refractivity contribution < 1.29 is 13.6 Å². The average molecular weight is 251 g/mol. The number of hydrogen-bond donors (Lipinski definition) is 0. The maximum atomic E-state index is 12.6. The Kier molecular flexibility index (Phi) is 5.46. The van der Waals surface area contributed by atoms with Crippen LogP contribution in [0, 0.1) is 11.6 Å². The summed E-state index contributed by atoms with van der Waals surface area (Å²) in [5.41, 5.74) is -0.534. The van der Waals surface area contributed by atoms with E-state index in [1.54, 1.807) is 0 Å². The van der Waals surface area contributed by atoms with Gasteiger partial charge in [-0.1, -0.05) is 29.8 Å². The van der Waals surface area contributed by atoms with Crippen LogP contribution in [0.5, 0.6) is 0 Å². The van der Waals surface area contributed by atoms with Gasteiger partial charge in [-0.3, -0.25) is 4.79 Å². The fourth-order valence-electron chi connectivity index (χ4n) is 0.666. The molecule has 0 radical (unpaired) electrons. The lowest BCUT2D eigenvalue weighted by Gasteiger charge is -1.96. The molecular formula is C9H9BrF2O. The molecule has 0 aliphatic carbocycles. The van der Waals surface area contributed by atoms with E-state index in [1.165, 1.54) is 0 Å². The summed E-state index contributed by atoms with van der Waals surface area (Å²) in [6.07, 6.45) is 0.150. The highest BCUT2D eigenvalue weighted by Crippen LogP contribution is 2.17. The molecule has 0 unspecified atom stereocenters. The lowest BCUT2D eigenvalue weighted by atomic mass is 10.2. The van der Waals surface area contributed by atoms with Gasteiger partial charge in [-0.05, 0) is 12.1 Å². The summed E-state index contributed by atoms with van der Waals surface area (Å²) < 4.78 is 25.5. The van der Waals surface area contributed by atoms with Crippen LogP contribution in [0.1, 0.15) is 24.2 Å². The normalized spacial score (nSPS) is 8.69. The van der Waals surface area contributed by atoms with Gasteiger partial charge >= 0.3 is 0 Å². The van der Waals surface area contributed by atoms with Gasteiger partial charge in [-0.2, -0.15) is 0 Å². The van der Waals surface area contributed by atoms with Gasteiger partial charge in [0.25, 0.3) is 0 Å². The monoisotopic (exact) mass is 250 g/mol. The number of hydrogen-bond acceptors (Lipinski definition) is 1. The van der Waals surface area contributed by atoms with Crippen molar-refractivity contribution in [3.8, 4) is 0 Å². The van der Waals surface area contributed by atoms with Gasteiger partial charge < -0.3 is 0 Å². The molecule has 0 aliphatic rings. The van der Waals surface area contributed by atoms with E-state index in [2.05, 4.69) is 15.9 Å². The first-order valence-corrected chi connectivity index (χ1v) is 4.54. The topological polar surface area (TPSA) is 17.1 Å². The van der Waals surface area contributed by atoms with Crippen molar-refractivity contribution in [1.82, 2.24) is 0 Å². The highest BCUT2D eigenvalue weighted by atomic mass is 79.9. The van der Waals surface area contributed by atoms with Crippen LogP contribution >= 0.6 is 15.9 Å². The Morgan fingerprint density at radius 1 is 1.23 bits per heavy atom. The molecule has 0 amide bonds. The van der Waals surface area contributed by atoms with Crippen molar-refractivity contribution >= 4 is 22.2 Å². The Bertz CT molecular complexity index is 277. The van der Waals surface area contributed by atoms with Gasteiger partial charge in [0.15, 0.2) is 6.29 Å². The third-order valence-corrected chi connectivity index (χ3v) is 1.62. The summed E-state index contributed by atoms with van der Waals surface area (Å²) in [4.78, 5) is 10.1. The van der Waals surface area contributed by atoms with Gasteiger partial charge in [0.1, 0.15) is 11.6 Å². The lowest BCUT2D eigenvalue weighted by molar-refractivity contribution is 0.111. The molecule has 1 rings (SSSR count). The van der Waals surface area contributed by atoms with Gasteiger partial charge in [-0.15, -0.1) is 0 Å². The largest absolute Gasteiger partial charge is 0.298 e. The Labute approximate surface area is 83.9 Å². The second-order valence-electron chi connectivity index (χ2n) is 1.90.